The van der Waals surface area contributed by atoms with Crippen LogP contribution >= 0.6 is 0 Å². The number of aliphatic hydroxyl groups is 2. The summed E-state index contributed by atoms with van der Waals surface area (Å²) in [5, 5.41) is 21.6. The van der Waals surface area contributed by atoms with Crippen LogP contribution in [0.3, 0.4) is 0 Å². The molecule has 3 atom stereocenters. The summed E-state index contributed by atoms with van der Waals surface area (Å²) in [5.41, 5.74) is 0. The van der Waals surface area contributed by atoms with Gasteiger partial charge in [-0.25, -0.2) is 4.79 Å². The molecule has 3 N–H and O–H groups in total. The predicted molar refractivity (Wildman–Crippen MR) is 72.0 cm³/mol. The molecule has 0 radical (unpaired) electrons. The van der Waals surface area contributed by atoms with Crippen molar-refractivity contribution in [2.75, 3.05) is 19.7 Å². The average molecular weight is 285 g/mol. The van der Waals surface area contributed by atoms with Gasteiger partial charge in [0.2, 0.25) is 5.91 Å². The molecular weight excluding hydrogens is 262 g/mol. The molecule has 7 nitrogen and oxygen atoms in total. The van der Waals surface area contributed by atoms with Crippen LogP contribution < -0.4 is 5.32 Å². The van der Waals surface area contributed by atoms with Crippen molar-refractivity contribution in [1.29, 1.82) is 0 Å². The summed E-state index contributed by atoms with van der Waals surface area (Å²) in [6.45, 7) is 4.47. The van der Waals surface area contributed by atoms with Crippen LogP contribution in [0.1, 0.15) is 26.7 Å². The Kier molecular flexibility index (Phi) is 4.49. The average Bonchev–Trinajstić information content (AvgIpc) is 2.92. The zero-order valence-corrected chi connectivity index (χ0v) is 12.0. The summed E-state index contributed by atoms with van der Waals surface area (Å²) >= 11 is 0. The highest BCUT2D eigenvalue weighted by molar-refractivity contribution is 5.82. The number of nitrogens with one attached hydrogen (secondary N) is 1. The van der Waals surface area contributed by atoms with E-state index in [1.54, 1.807) is 4.90 Å². The molecule has 114 valence electrons. The van der Waals surface area contributed by atoms with Gasteiger partial charge in [-0.3, -0.25) is 4.79 Å². The van der Waals surface area contributed by atoms with Crippen molar-refractivity contribution < 1.29 is 19.8 Å². The number of aliphatic hydroxyl groups excluding tert-OH is 2. The normalized spacial score (nSPS) is 30.4. The summed E-state index contributed by atoms with van der Waals surface area (Å²) in [7, 11) is 0. The molecule has 7 heteroatoms. The molecule has 0 aromatic rings. The fraction of sp³-hybridized carbons (Fsp3) is 0.846. The van der Waals surface area contributed by atoms with Gasteiger partial charge in [0.25, 0.3) is 0 Å². The van der Waals surface area contributed by atoms with E-state index in [4.69, 9.17) is 0 Å². The molecule has 0 spiro atoms. The molecule has 1 unspecified atom stereocenters. The Labute approximate surface area is 118 Å². The van der Waals surface area contributed by atoms with E-state index in [2.05, 4.69) is 5.32 Å². The topological polar surface area (TPSA) is 93.1 Å². The van der Waals surface area contributed by atoms with Crippen LogP contribution in [0.15, 0.2) is 0 Å². The number of β-amino-alcohol motifs (C(OH)–C–C–N with tert-alkyl or cyclic N) is 1. The quantitative estimate of drug-likeness (QED) is 0.628. The maximum atomic E-state index is 12.2. The summed E-state index contributed by atoms with van der Waals surface area (Å²) in [6, 6.07) is -0.731. The van der Waals surface area contributed by atoms with Gasteiger partial charge in [-0.1, -0.05) is 0 Å². The SMILES string of the molecule is CC(C)N1CC(NC(=O)N2C[C@@H](O)C[C@H]2CO)CC1=O. The number of hydrogen-bond acceptors (Lipinski definition) is 4. The Bertz CT molecular complexity index is 388. The van der Waals surface area contributed by atoms with Crippen molar-refractivity contribution in [3.63, 3.8) is 0 Å². The van der Waals surface area contributed by atoms with Gasteiger partial charge in [0, 0.05) is 25.6 Å². The van der Waals surface area contributed by atoms with Crippen LogP contribution in [0.25, 0.3) is 0 Å². The van der Waals surface area contributed by atoms with Gasteiger partial charge in [-0.2, -0.15) is 0 Å². The zero-order valence-electron chi connectivity index (χ0n) is 12.0. The smallest absolute Gasteiger partial charge is 0.318 e. The van der Waals surface area contributed by atoms with E-state index < -0.39 is 6.10 Å². The summed E-state index contributed by atoms with van der Waals surface area (Å²) in [4.78, 5) is 27.1. The highest BCUT2D eigenvalue weighted by Crippen LogP contribution is 2.19. The van der Waals surface area contributed by atoms with E-state index >= 15 is 0 Å². The Morgan fingerprint density at radius 1 is 1.45 bits per heavy atom. The fourth-order valence-electron chi connectivity index (χ4n) is 2.90. The minimum Gasteiger partial charge on any atom is -0.394 e. The van der Waals surface area contributed by atoms with Gasteiger partial charge in [0.05, 0.1) is 24.8 Å². The minimum absolute atomic E-state index is 0.0467. The first-order valence-corrected chi connectivity index (χ1v) is 7.08. The van der Waals surface area contributed by atoms with Crippen LogP contribution in [0.5, 0.6) is 0 Å². The number of carbonyl (C=O) groups excluding carboxylic acids is 2. The molecule has 2 aliphatic heterocycles. The first-order valence-electron chi connectivity index (χ1n) is 7.08. The van der Waals surface area contributed by atoms with E-state index in [1.165, 1.54) is 4.90 Å². The van der Waals surface area contributed by atoms with Crippen molar-refractivity contribution in [2.45, 2.75) is 50.9 Å². The third kappa shape index (κ3) is 3.04. The molecule has 0 aromatic heterocycles. The lowest BCUT2D eigenvalue weighted by Crippen LogP contribution is -2.49. The second-order valence-electron chi connectivity index (χ2n) is 5.87. The third-order valence-corrected chi connectivity index (χ3v) is 3.97. The monoisotopic (exact) mass is 285 g/mol. The number of rotatable bonds is 3. The van der Waals surface area contributed by atoms with E-state index in [0.717, 1.165) is 0 Å². The van der Waals surface area contributed by atoms with E-state index in [9.17, 15) is 19.8 Å². The maximum absolute atomic E-state index is 12.2. The largest absolute Gasteiger partial charge is 0.394 e. The number of likely N-dealkylation sites (tertiary alicyclic amines) is 2. The molecule has 0 aliphatic carbocycles. The summed E-state index contributed by atoms with van der Waals surface area (Å²) < 4.78 is 0. The molecule has 2 fully saturated rings. The van der Waals surface area contributed by atoms with Crippen LogP contribution in [0.2, 0.25) is 0 Å². The molecule has 3 amide bonds. The molecule has 2 aliphatic rings. The lowest BCUT2D eigenvalue weighted by Gasteiger charge is -2.25. The number of urea groups is 1. The fourth-order valence-corrected chi connectivity index (χ4v) is 2.90. The highest BCUT2D eigenvalue weighted by atomic mass is 16.3. The second kappa shape index (κ2) is 5.97. The Hall–Kier alpha value is -1.34. The van der Waals surface area contributed by atoms with Gasteiger partial charge in [0.15, 0.2) is 0 Å². The van der Waals surface area contributed by atoms with Crippen molar-refractivity contribution >= 4 is 11.9 Å². The number of carbonyl (C=O) groups is 2. The highest BCUT2D eigenvalue weighted by Gasteiger charge is 2.37. The molecule has 0 aromatic carbocycles. The van der Waals surface area contributed by atoms with Crippen LogP contribution in [-0.4, -0.2) is 75.9 Å². The van der Waals surface area contributed by atoms with E-state index in [0.29, 0.717) is 19.4 Å². The van der Waals surface area contributed by atoms with E-state index in [1.807, 2.05) is 13.8 Å². The number of hydrogen-bond donors (Lipinski definition) is 3. The van der Waals surface area contributed by atoms with Crippen molar-refractivity contribution in [3.05, 3.63) is 0 Å². The van der Waals surface area contributed by atoms with E-state index in [-0.39, 0.29) is 43.2 Å². The van der Waals surface area contributed by atoms with Gasteiger partial charge >= 0.3 is 6.03 Å². The van der Waals surface area contributed by atoms with Gasteiger partial charge in [-0.15, -0.1) is 0 Å². The summed E-state index contributed by atoms with van der Waals surface area (Å²) in [5.74, 6) is 0.0467. The molecule has 2 rings (SSSR count). The molecule has 2 saturated heterocycles. The number of amides is 3. The molecular formula is C13H23N3O4. The molecule has 0 saturated carbocycles. The van der Waals surface area contributed by atoms with Crippen molar-refractivity contribution in [2.24, 2.45) is 0 Å². The summed E-state index contributed by atoms with van der Waals surface area (Å²) in [6.07, 6.45) is 0.116. The third-order valence-electron chi connectivity index (χ3n) is 3.97. The standard InChI is InChI=1S/C13H23N3O4/c1-8(2)15-5-9(3-12(15)19)14-13(20)16-6-11(18)4-10(16)7-17/h8-11,17-18H,3-7H2,1-2H3,(H,14,20)/t9?,10-,11-/m0/s1. The van der Waals surface area contributed by atoms with Gasteiger partial charge < -0.3 is 25.3 Å². The molecule has 20 heavy (non-hydrogen) atoms. The zero-order chi connectivity index (χ0) is 14.9. The first kappa shape index (κ1) is 15.1. The Balaban J connectivity index is 1.91. The minimum atomic E-state index is -0.588. The maximum Gasteiger partial charge on any atom is 0.318 e. The predicted octanol–water partition coefficient (Wildman–Crippen LogP) is -0.867. The lowest BCUT2D eigenvalue weighted by molar-refractivity contribution is -0.129. The van der Waals surface area contributed by atoms with Crippen molar-refractivity contribution in [1.82, 2.24) is 15.1 Å². The van der Waals surface area contributed by atoms with Gasteiger partial charge in [-0.05, 0) is 20.3 Å². The van der Waals surface area contributed by atoms with Crippen LogP contribution in [0, 0.1) is 0 Å². The first-order chi connectivity index (χ1) is 9.42. The molecule has 0 bridgehead atoms. The van der Waals surface area contributed by atoms with Crippen LogP contribution in [0.4, 0.5) is 4.79 Å². The van der Waals surface area contributed by atoms with Crippen LogP contribution in [-0.2, 0) is 4.79 Å². The van der Waals surface area contributed by atoms with Gasteiger partial charge in [0.1, 0.15) is 0 Å². The van der Waals surface area contributed by atoms with Crippen molar-refractivity contribution in [3.8, 4) is 0 Å². The Morgan fingerprint density at radius 3 is 2.70 bits per heavy atom. The Morgan fingerprint density at radius 2 is 2.15 bits per heavy atom. The second-order valence-corrected chi connectivity index (χ2v) is 5.87. The molecule has 2 heterocycles. The number of nitrogens with zero attached hydrogens (tertiary/aromatic N) is 2. The lowest BCUT2D eigenvalue weighted by atomic mass is 10.2.